The first-order chi connectivity index (χ1) is 7.63. The highest BCUT2D eigenvalue weighted by atomic mass is 19.1. The van der Waals surface area contributed by atoms with Crippen molar-refractivity contribution >= 4 is 16.9 Å². The van der Waals surface area contributed by atoms with Crippen LogP contribution in [0.5, 0.6) is 0 Å². The summed E-state index contributed by atoms with van der Waals surface area (Å²) >= 11 is 0. The molecule has 2 aromatic rings. The van der Waals surface area contributed by atoms with Gasteiger partial charge in [0.15, 0.2) is 0 Å². The fraction of sp³-hybridized carbons (Fsp3) is 0.182. The zero-order valence-corrected chi connectivity index (χ0v) is 8.51. The highest BCUT2D eigenvalue weighted by Gasteiger charge is 2.14. The second-order valence-electron chi connectivity index (χ2n) is 3.22. The Bertz CT molecular complexity index is 509. The van der Waals surface area contributed by atoms with Gasteiger partial charge >= 0.3 is 5.97 Å². The number of aromatic nitrogens is 1. The first-order valence-corrected chi connectivity index (χ1v) is 4.77. The van der Waals surface area contributed by atoms with E-state index in [9.17, 15) is 13.6 Å². The van der Waals surface area contributed by atoms with Gasteiger partial charge in [-0.15, -0.1) is 0 Å². The molecule has 0 saturated carbocycles. The van der Waals surface area contributed by atoms with Crippen molar-refractivity contribution in [3.63, 3.8) is 0 Å². The quantitative estimate of drug-likeness (QED) is 0.798. The highest BCUT2D eigenvalue weighted by Crippen LogP contribution is 2.22. The average molecular weight is 225 g/mol. The zero-order valence-electron chi connectivity index (χ0n) is 8.51. The van der Waals surface area contributed by atoms with E-state index in [0.29, 0.717) is 0 Å². The number of fused-ring (bicyclic) bond motifs is 1. The van der Waals surface area contributed by atoms with Gasteiger partial charge in [0.1, 0.15) is 17.3 Å². The normalized spacial score (nSPS) is 10.7. The monoisotopic (exact) mass is 225 g/mol. The SMILES string of the molecule is CCOC(=O)c1cc2c(F)ccc(F)c2[nH]1. The molecule has 0 spiro atoms. The first-order valence-electron chi connectivity index (χ1n) is 4.77. The molecule has 0 aliphatic heterocycles. The van der Waals surface area contributed by atoms with Gasteiger partial charge in [0, 0.05) is 5.39 Å². The predicted molar refractivity (Wildman–Crippen MR) is 54.2 cm³/mol. The third-order valence-electron chi connectivity index (χ3n) is 2.19. The van der Waals surface area contributed by atoms with Gasteiger partial charge in [0.25, 0.3) is 0 Å². The van der Waals surface area contributed by atoms with Crippen LogP contribution in [-0.2, 0) is 4.74 Å². The molecule has 84 valence electrons. The van der Waals surface area contributed by atoms with Crippen LogP contribution in [0, 0.1) is 11.6 Å². The molecule has 1 heterocycles. The summed E-state index contributed by atoms with van der Waals surface area (Å²) in [7, 11) is 0. The summed E-state index contributed by atoms with van der Waals surface area (Å²) in [6, 6.07) is 3.26. The lowest BCUT2D eigenvalue weighted by atomic mass is 10.2. The minimum atomic E-state index is -0.627. The Morgan fingerprint density at radius 2 is 2.06 bits per heavy atom. The Kier molecular flexibility index (Phi) is 2.60. The largest absolute Gasteiger partial charge is 0.461 e. The molecule has 0 bridgehead atoms. The fourth-order valence-corrected chi connectivity index (χ4v) is 1.47. The molecule has 0 unspecified atom stereocenters. The maximum Gasteiger partial charge on any atom is 0.354 e. The highest BCUT2D eigenvalue weighted by molar-refractivity contribution is 5.95. The van der Waals surface area contributed by atoms with Crippen molar-refractivity contribution in [2.24, 2.45) is 0 Å². The molecule has 0 amide bonds. The van der Waals surface area contributed by atoms with E-state index >= 15 is 0 Å². The molecule has 16 heavy (non-hydrogen) atoms. The van der Waals surface area contributed by atoms with Crippen LogP contribution in [0.1, 0.15) is 17.4 Å². The number of aromatic amines is 1. The van der Waals surface area contributed by atoms with Crippen molar-refractivity contribution < 1.29 is 18.3 Å². The Labute approximate surface area is 90.0 Å². The molecule has 0 radical (unpaired) electrons. The van der Waals surface area contributed by atoms with Crippen LogP contribution in [0.3, 0.4) is 0 Å². The molecule has 1 aromatic heterocycles. The maximum absolute atomic E-state index is 13.3. The number of nitrogens with one attached hydrogen (secondary N) is 1. The number of carbonyl (C=O) groups excluding carboxylic acids is 1. The summed E-state index contributed by atoms with van der Waals surface area (Å²) in [4.78, 5) is 13.8. The van der Waals surface area contributed by atoms with Crippen LogP contribution in [-0.4, -0.2) is 17.6 Å². The summed E-state index contributed by atoms with van der Waals surface area (Å²) in [6.07, 6.45) is 0. The molecule has 0 aliphatic rings. The standard InChI is InChI=1S/C11H9F2NO2/c1-2-16-11(15)9-5-6-7(12)3-4-8(13)10(6)14-9/h3-5,14H,2H2,1H3. The van der Waals surface area contributed by atoms with Crippen LogP contribution in [0.4, 0.5) is 8.78 Å². The van der Waals surface area contributed by atoms with Crippen molar-refractivity contribution in [2.45, 2.75) is 6.92 Å². The summed E-state index contributed by atoms with van der Waals surface area (Å²) < 4.78 is 31.3. The zero-order chi connectivity index (χ0) is 11.7. The number of esters is 1. The van der Waals surface area contributed by atoms with Gasteiger partial charge in [-0.1, -0.05) is 0 Å². The summed E-state index contributed by atoms with van der Waals surface area (Å²) in [6.45, 7) is 1.86. The van der Waals surface area contributed by atoms with Crippen LogP contribution in [0.2, 0.25) is 0 Å². The van der Waals surface area contributed by atoms with Crippen LogP contribution >= 0.6 is 0 Å². The molecule has 1 aromatic carbocycles. The molecular formula is C11H9F2NO2. The molecule has 0 saturated heterocycles. The molecule has 5 heteroatoms. The molecule has 0 aliphatic carbocycles. The van der Waals surface area contributed by atoms with E-state index in [4.69, 9.17) is 4.74 Å². The van der Waals surface area contributed by atoms with Crippen molar-refractivity contribution in [2.75, 3.05) is 6.61 Å². The molecule has 2 rings (SSSR count). The number of rotatable bonds is 2. The lowest BCUT2D eigenvalue weighted by Gasteiger charge is -1.96. The number of hydrogen-bond acceptors (Lipinski definition) is 2. The third-order valence-corrected chi connectivity index (χ3v) is 2.19. The Morgan fingerprint density at radius 3 is 2.69 bits per heavy atom. The molecular weight excluding hydrogens is 216 g/mol. The molecule has 0 atom stereocenters. The van der Waals surface area contributed by atoms with Gasteiger partial charge in [0.05, 0.1) is 12.1 Å². The summed E-state index contributed by atoms with van der Waals surface area (Å²) in [5, 5.41) is 0.0445. The number of halogens is 2. The van der Waals surface area contributed by atoms with Crippen molar-refractivity contribution in [1.29, 1.82) is 0 Å². The third kappa shape index (κ3) is 1.64. The Balaban J connectivity index is 2.55. The number of carbonyl (C=O) groups is 1. The van der Waals surface area contributed by atoms with E-state index in [-0.39, 0.29) is 23.2 Å². The van der Waals surface area contributed by atoms with Crippen molar-refractivity contribution in [3.8, 4) is 0 Å². The fourth-order valence-electron chi connectivity index (χ4n) is 1.47. The second-order valence-corrected chi connectivity index (χ2v) is 3.22. The Hall–Kier alpha value is -1.91. The second kappa shape index (κ2) is 3.92. The van der Waals surface area contributed by atoms with E-state index in [0.717, 1.165) is 12.1 Å². The van der Waals surface area contributed by atoms with Crippen LogP contribution < -0.4 is 0 Å². The van der Waals surface area contributed by atoms with Gasteiger partial charge in [-0.2, -0.15) is 0 Å². The van der Waals surface area contributed by atoms with E-state index in [1.807, 2.05) is 0 Å². The molecule has 1 N–H and O–H groups in total. The van der Waals surface area contributed by atoms with Crippen molar-refractivity contribution in [1.82, 2.24) is 4.98 Å². The average Bonchev–Trinajstić information content (AvgIpc) is 2.70. The minimum absolute atomic E-state index is 0.0250. The number of H-pyrrole nitrogens is 1. The lowest BCUT2D eigenvalue weighted by Crippen LogP contribution is -2.04. The predicted octanol–water partition coefficient (Wildman–Crippen LogP) is 2.62. The van der Waals surface area contributed by atoms with Gasteiger partial charge in [-0.3, -0.25) is 0 Å². The van der Waals surface area contributed by atoms with Crippen LogP contribution in [0.15, 0.2) is 18.2 Å². The Morgan fingerprint density at radius 1 is 1.38 bits per heavy atom. The molecule has 3 nitrogen and oxygen atoms in total. The summed E-state index contributed by atoms with van der Waals surface area (Å²) in [5.41, 5.74) is 0.0175. The van der Waals surface area contributed by atoms with Gasteiger partial charge in [0.2, 0.25) is 0 Å². The topological polar surface area (TPSA) is 42.1 Å². The lowest BCUT2D eigenvalue weighted by molar-refractivity contribution is 0.0520. The van der Waals surface area contributed by atoms with E-state index in [1.165, 1.54) is 6.07 Å². The van der Waals surface area contributed by atoms with Crippen LogP contribution in [0.25, 0.3) is 10.9 Å². The van der Waals surface area contributed by atoms with E-state index in [1.54, 1.807) is 6.92 Å². The first kappa shape index (κ1) is 10.6. The van der Waals surface area contributed by atoms with Gasteiger partial charge in [-0.25, -0.2) is 13.6 Å². The summed E-state index contributed by atoms with van der Waals surface area (Å²) in [5.74, 6) is -1.81. The number of benzene rings is 1. The molecule has 0 fully saturated rings. The number of hydrogen-bond donors (Lipinski definition) is 1. The maximum atomic E-state index is 13.3. The van der Waals surface area contributed by atoms with Crippen molar-refractivity contribution in [3.05, 3.63) is 35.5 Å². The van der Waals surface area contributed by atoms with Gasteiger partial charge < -0.3 is 9.72 Å². The van der Waals surface area contributed by atoms with E-state index < -0.39 is 17.6 Å². The number of ether oxygens (including phenoxy) is 1. The smallest absolute Gasteiger partial charge is 0.354 e. The van der Waals surface area contributed by atoms with E-state index in [2.05, 4.69) is 4.98 Å². The minimum Gasteiger partial charge on any atom is -0.461 e. The van der Waals surface area contributed by atoms with Gasteiger partial charge in [-0.05, 0) is 25.1 Å².